The predicted molar refractivity (Wildman–Crippen MR) is 120 cm³/mol. The molecular formula is C25H34N2O2. The van der Waals surface area contributed by atoms with Crippen molar-refractivity contribution in [3.8, 4) is 5.75 Å². The first-order chi connectivity index (χ1) is 14.2. The minimum absolute atomic E-state index is 0.0843. The Morgan fingerprint density at radius 2 is 1.72 bits per heavy atom. The lowest BCUT2D eigenvalue weighted by atomic mass is 10.0. The SMILES string of the molecule is CCc1cccc(CC)c1NC(=O)CN1CCCCC[C@H]1c1ccc(OC)cc1. The summed E-state index contributed by atoms with van der Waals surface area (Å²) in [6, 6.07) is 14.9. The molecule has 0 spiro atoms. The lowest BCUT2D eigenvalue weighted by molar-refractivity contribution is -0.117. The second-order valence-electron chi connectivity index (χ2n) is 7.82. The highest BCUT2D eigenvalue weighted by molar-refractivity contribution is 5.94. The number of nitrogens with zero attached hydrogens (tertiary/aromatic N) is 1. The third-order valence-corrected chi connectivity index (χ3v) is 5.97. The number of hydrogen-bond donors (Lipinski definition) is 1. The molecule has 156 valence electrons. The van der Waals surface area contributed by atoms with Crippen LogP contribution in [0.5, 0.6) is 5.75 Å². The Kier molecular flexibility index (Phi) is 7.70. The van der Waals surface area contributed by atoms with Crippen LogP contribution in [0.2, 0.25) is 0 Å². The summed E-state index contributed by atoms with van der Waals surface area (Å²) in [4.78, 5) is 15.4. The third kappa shape index (κ3) is 5.39. The van der Waals surface area contributed by atoms with Gasteiger partial charge in [-0.15, -0.1) is 0 Å². The number of para-hydroxylation sites is 1. The summed E-state index contributed by atoms with van der Waals surface area (Å²) in [6.45, 7) is 5.66. The van der Waals surface area contributed by atoms with Gasteiger partial charge in [-0.05, 0) is 61.1 Å². The smallest absolute Gasteiger partial charge is 0.238 e. The Balaban J connectivity index is 1.76. The first-order valence-electron chi connectivity index (χ1n) is 10.9. The Labute approximate surface area is 175 Å². The number of carbonyl (C=O) groups excluding carboxylic acids is 1. The van der Waals surface area contributed by atoms with Crippen LogP contribution >= 0.6 is 0 Å². The molecule has 4 nitrogen and oxygen atoms in total. The predicted octanol–water partition coefficient (Wildman–Crippen LogP) is 5.38. The number of rotatable bonds is 7. The topological polar surface area (TPSA) is 41.6 Å². The summed E-state index contributed by atoms with van der Waals surface area (Å²) < 4.78 is 5.30. The molecule has 3 rings (SSSR count). The number of methoxy groups -OCH3 is 1. The maximum absolute atomic E-state index is 13.0. The zero-order valence-electron chi connectivity index (χ0n) is 18.0. The number of anilines is 1. The minimum Gasteiger partial charge on any atom is -0.497 e. The van der Waals surface area contributed by atoms with Gasteiger partial charge in [-0.3, -0.25) is 9.69 Å². The average Bonchev–Trinajstić information content (AvgIpc) is 2.99. The summed E-state index contributed by atoms with van der Waals surface area (Å²) >= 11 is 0. The minimum atomic E-state index is 0.0843. The van der Waals surface area contributed by atoms with Crippen molar-refractivity contribution in [2.24, 2.45) is 0 Å². The van der Waals surface area contributed by atoms with Gasteiger partial charge in [0, 0.05) is 11.7 Å². The largest absolute Gasteiger partial charge is 0.497 e. The van der Waals surface area contributed by atoms with Crippen LogP contribution in [0, 0.1) is 0 Å². The molecule has 2 aromatic carbocycles. The molecule has 1 fully saturated rings. The molecule has 1 saturated heterocycles. The van der Waals surface area contributed by atoms with E-state index in [1.807, 2.05) is 12.1 Å². The Morgan fingerprint density at radius 1 is 1.03 bits per heavy atom. The van der Waals surface area contributed by atoms with Crippen molar-refractivity contribution in [1.29, 1.82) is 0 Å². The quantitative estimate of drug-likeness (QED) is 0.686. The van der Waals surface area contributed by atoms with Crippen LogP contribution in [0.1, 0.15) is 62.3 Å². The van der Waals surface area contributed by atoms with Gasteiger partial charge in [0.05, 0.1) is 13.7 Å². The fourth-order valence-electron chi connectivity index (χ4n) is 4.33. The van der Waals surface area contributed by atoms with Gasteiger partial charge >= 0.3 is 0 Å². The molecule has 1 atom stereocenters. The van der Waals surface area contributed by atoms with Crippen molar-refractivity contribution in [3.05, 3.63) is 59.2 Å². The molecule has 29 heavy (non-hydrogen) atoms. The molecule has 1 amide bonds. The lowest BCUT2D eigenvalue weighted by Crippen LogP contribution is -2.36. The van der Waals surface area contributed by atoms with Gasteiger partial charge in [0.15, 0.2) is 0 Å². The van der Waals surface area contributed by atoms with Gasteiger partial charge in [-0.2, -0.15) is 0 Å². The normalized spacial score (nSPS) is 17.6. The number of likely N-dealkylation sites (tertiary alicyclic amines) is 1. The highest BCUT2D eigenvalue weighted by Crippen LogP contribution is 2.31. The molecule has 1 heterocycles. The Morgan fingerprint density at radius 3 is 2.34 bits per heavy atom. The van der Waals surface area contributed by atoms with Crippen LogP contribution in [-0.2, 0) is 17.6 Å². The van der Waals surface area contributed by atoms with Crippen molar-refractivity contribution < 1.29 is 9.53 Å². The summed E-state index contributed by atoms with van der Waals surface area (Å²) in [5.74, 6) is 0.955. The summed E-state index contributed by atoms with van der Waals surface area (Å²) in [6.07, 6.45) is 6.50. The maximum atomic E-state index is 13.0. The second-order valence-corrected chi connectivity index (χ2v) is 7.82. The fraction of sp³-hybridized carbons (Fsp3) is 0.480. The number of aryl methyl sites for hydroxylation is 2. The van der Waals surface area contributed by atoms with Crippen molar-refractivity contribution in [2.75, 3.05) is 25.5 Å². The maximum Gasteiger partial charge on any atom is 0.238 e. The van der Waals surface area contributed by atoms with E-state index in [4.69, 9.17) is 4.74 Å². The number of hydrogen-bond acceptors (Lipinski definition) is 3. The molecule has 0 unspecified atom stereocenters. The summed E-state index contributed by atoms with van der Waals surface area (Å²) in [7, 11) is 1.69. The first-order valence-corrected chi connectivity index (χ1v) is 10.9. The van der Waals surface area contributed by atoms with Gasteiger partial charge in [-0.1, -0.05) is 57.0 Å². The summed E-state index contributed by atoms with van der Waals surface area (Å²) in [5, 5.41) is 3.24. The zero-order valence-corrected chi connectivity index (χ0v) is 18.0. The van der Waals surface area contributed by atoms with E-state index in [1.54, 1.807) is 7.11 Å². The summed E-state index contributed by atoms with van der Waals surface area (Å²) in [5.41, 5.74) is 4.70. The molecule has 0 aliphatic carbocycles. The molecule has 1 aliphatic rings. The number of carbonyl (C=O) groups is 1. The highest BCUT2D eigenvalue weighted by atomic mass is 16.5. The van der Waals surface area contributed by atoms with E-state index >= 15 is 0 Å². The molecule has 1 aliphatic heterocycles. The van der Waals surface area contributed by atoms with E-state index in [1.165, 1.54) is 29.5 Å². The van der Waals surface area contributed by atoms with E-state index in [-0.39, 0.29) is 11.9 Å². The first kappa shape index (κ1) is 21.4. The molecule has 0 bridgehead atoms. The standard InChI is InChI=1S/C25H34N2O2/c1-4-19-10-9-11-20(5-2)25(19)26-24(28)18-27-17-8-6-7-12-23(27)21-13-15-22(29-3)16-14-21/h9-11,13-16,23H,4-8,12,17-18H2,1-3H3,(H,26,28)/t23-/m0/s1. The fourth-order valence-corrected chi connectivity index (χ4v) is 4.33. The van der Waals surface area contributed by atoms with Crippen molar-refractivity contribution in [3.63, 3.8) is 0 Å². The second kappa shape index (κ2) is 10.4. The Hall–Kier alpha value is -2.33. The van der Waals surface area contributed by atoms with Crippen molar-refractivity contribution in [2.45, 2.75) is 58.4 Å². The van der Waals surface area contributed by atoms with Crippen LogP contribution in [-0.4, -0.2) is 31.0 Å². The number of nitrogens with one attached hydrogen (secondary N) is 1. The average molecular weight is 395 g/mol. The van der Waals surface area contributed by atoms with E-state index in [2.05, 4.69) is 54.4 Å². The lowest BCUT2D eigenvalue weighted by Gasteiger charge is -2.30. The highest BCUT2D eigenvalue weighted by Gasteiger charge is 2.25. The molecule has 0 radical (unpaired) electrons. The van der Waals surface area contributed by atoms with Crippen LogP contribution in [0.3, 0.4) is 0 Å². The number of ether oxygens (including phenoxy) is 1. The van der Waals surface area contributed by atoms with E-state index < -0.39 is 0 Å². The van der Waals surface area contributed by atoms with Crippen LogP contribution in [0.25, 0.3) is 0 Å². The van der Waals surface area contributed by atoms with E-state index in [9.17, 15) is 4.79 Å². The number of amides is 1. The van der Waals surface area contributed by atoms with Crippen LogP contribution in [0.15, 0.2) is 42.5 Å². The van der Waals surface area contributed by atoms with E-state index in [0.29, 0.717) is 6.54 Å². The zero-order chi connectivity index (χ0) is 20.6. The van der Waals surface area contributed by atoms with Crippen molar-refractivity contribution in [1.82, 2.24) is 4.90 Å². The van der Waals surface area contributed by atoms with Crippen LogP contribution in [0.4, 0.5) is 5.69 Å². The third-order valence-electron chi connectivity index (χ3n) is 5.97. The molecule has 0 saturated carbocycles. The van der Waals surface area contributed by atoms with Crippen molar-refractivity contribution >= 4 is 11.6 Å². The van der Waals surface area contributed by atoms with Gasteiger partial charge in [-0.25, -0.2) is 0 Å². The molecule has 2 aromatic rings. The van der Waals surface area contributed by atoms with Gasteiger partial charge in [0.1, 0.15) is 5.75 Å². The van der Waals surface area contributed by atoms with Gasteiger partial charge < -0.3 is 10.1 Å². The molecular weight excluding hydrogens is 360 g/mol. The number of benzene rings is 2. The van der Waals surface area contributed by atoms with Gasteiger partial charge in [0.25, 0.3) is 0 Å². The molecule has 0 aromatic heterocycles. The molecule has 1 N–H and O–H groups in total. The van der Waals surface area contributed by atoms with Gasteiger partial charge in [0.2, 0.25) is 5.91 Å². The van der Waals surface area contributed by atoms with E-state index in [0.717, 1.165) is 43.7 Å². The Bertz CT molecular complexity index is 779. The monoisotopic (exact) mass is 394 g/mol. The molecule has 4 heteroatoms. The van der Waals surface area contributed by atoms with Crippen LogP contribution < -0.4 is 10.1 Å².